The van der Waals surface area contributed by atoms with Gasteiger partial charge in [-0.1, -0.05) is 0 Å². The average Bonchev–Trinajstić information content (AvgIpc) is 2.59. The molecule has 0 bridgehead atoms. The maximum absolute atomic E-state index is 12.9. The van der Waals surface area contributed by atoms with Gasteiger partial charge in [-0.15, -0.1) is 11.3 Å². The van der Waals surface area contributed by atoms with Crippen LogP contribution in [0, 0.1) is 5.82 Å². The Morgan fingerprint density at radius 3 is 2.41 bits per heavy atom. The number of thiophene rings is 1. The molecule has 0 aliphatic heterocycles. The Hall–Kier alpha value is -0.0400. The highest BCUT2D eigenvalue weighted by Crippen LogP contribution is 2.35. The van der Waals surface area contributed by atoms with Gasteiger partial charge in [-0.2, -0.15) is 0 Å². The third-order valence-electron chi connectivity index (χ3n) is 2.07. The van der Waals surface area contributed by atoms with Gasteiger partial charge in [0.05, 0.1) is 9.35 Å². The largest absolute Gasteiger partial charge is 0.288 e. The average molecular weight is 443 g/mol. The first-order valence-corrected chi connectivity index (χ1v) is 7.69. The molecule has 0 saturated carbocycles. The Kier molecular flexibility index (Phi) is 4.18. The SMILES string of the molecule is O=C(c1ccc(F)cc1Br)c1scc(Br)c1Br. The van der Waals surface area contributed by atoms with Gasteiger partial charge in [0.1, 0.15) is 5.82 Å². The molecule has 0 aliphatic rings. The quantitative estimate of drug-likeness (QED) is 0.569. The lowest BCUT2D eigenvalue weighted by Crippen LogP contribution is -2.01. The third kappa shape index (κ3) is 2.70. The van der Waals surface area contributed by atoms with Crippen LogP contribution in [-0.2, 0) is 0 Å². The van der Waals surface area contributed by atoms with Gasteiger partial charge in [0.15, 0.2) is 0 Å². The molecule has 17 heavy (non-hydrogen) atoms. The molecular formula is C11H4Br3FOS. The van der Waals surface area contributed by atoms with E-state index in [4.69, 9.17) is 0 Å². The predicted octanol–water partition coefficient (Wildman–Crippen LogP) is 5.41. The smallest absolute Gasteiger partial charge is 0.205 e. The molecule has 0 saturated heterocycles. The van der Waals surface area contributed by atoms with Crippen LogP contribution in [0.15, 0.2) is 37.0 Å². The van der Waals surface area contributed by atoms with Crippen molar-refractivity contribution in [2.45, 2.75) is 0 Å². The fourth-order valence-electron chi connectivity index (χ4n) is 1.27. The monoisotopic (exact) mass is 440 g/mol. The van der Waals surface area contributed by atoms with Gasteiger partial charge in [-0.3, -0.25) is 4.79 Å². The molecule has 1 aromatic heterocycles. The summed E-state index contributed by atoms with van der Waals surface area (Å²) in [5.74, 6) is -0.515. The normalized spacial score (nSPS) is 10.6. The van der Waals surface area contributed by atoms with E-state index in [0.29, 0.717) is 14.9 Å². The summed E-state index contributed by atoms with van der Waals surface area (Å²) in [6.07, 6.45) is 0. The van der Waals surface area contributed by atoms with Crippen molar-refractivity contribution in [1.29, 1.82) is 0 Å². The molecule has 1 nitrogen and oxygen atoms in total. The molecule has 6 heteroatoms. The van der Waals surface area contributed by atoms with E-state index in [1.807, 2.05) is 5.38 Å². The van der Waals surface area contributed by atoms with Crippen molar-refractivity contribution >= 4 is 64.9 Å². The lowest BCUT2D eigenvalue weighted by atomic mass is 10.1. The van der Waals surface area contributed by atoms with Crippen LogP contribution in [-0.4, -0.2) is 5.78 Å². The van der Waals surface area contributed by atoms with Crippen molar-refractivity contribution in [3.8, 4) is 0 Å². The first-order valence-electron chi connectivity index (χ1n) is 4.43. The summed E-state index contributed by atoms with van der Waals surface area (Å²) in [5, 5.41) is 1.83. The standard InChI is InChI=1S/C11H4Br3FOS/c12-7-3-5(15)1-2-6(7)10(16)11-9(14)8(13)4-17-11/h1-4H. The van der Waals surface area contributed by atoms with E-state index in [9.17, 15) is 9.18 Å². The summed E-state index contributed by atoms with van der Waals surface area (Å²) in [7, 11) is 0. The van der Waals surface area contributed by atoms with Gasteiger partial charge < -0.3 is 0 Å². The zero-order chi connectivity index (χ0) is 12.6. The fourth-order valence-corrected chi connectivity index (χ4v) is 3.91. The molecule has 0 spiro atoms. The maximum Gasteiger partial charge on any atom is 0.205 e. The molecule has 0 N–H and O–H groups in total. The van der Waals surface area contributed by atoms with Crippen molar-refractivity contribution < 1.29 is 9.18 Å². The van der Waals surface area contributed by atoms with Gasteiger partial charge in [-0.05, 0) is 66.0 Å². The van der Waals surface area contributed by atoms with Gasteiger partial charge in [0.2, 0.25) is 5.78 Å². The summed E-state index contributed by atoms with van der Waals surface area (Å²) < 4.78 is 15.0. The minimum Gasteiger partial charge on any atom is -0.288 e. The van der Waals surface area contributed by atoms with E-state index in [0.717, 1.165) is 8.95 Å². The van der Waals surface area contributed by atoms with Crippen molar-refractivity contribution in [2.75, 3.05) is 0 Å². The molecule has 88 valence electrons. The molecule has 0 unspecified atom stereocenters. The van der Waals surface area contributed by atoms with Crippen molar-refractivity contribution in [1.82, 2.24) is 0 Å². The molecule has 1 aromatic carbocycles. The van der Waals surface area contributed by atoms with Gasteiger partial charge in [0, 0.05) is 19.9 Å². The number of ketones is 1. The fraction of sp³-hybridized carbons (Fsp3) is 0. The summed E-state index contributed by atoms with van der Waals surface area (Å²) in [5.41, 5.74) is 0.446. The highest BCUT2D eigenvalue weighted by atomic mass is 79.9. The molecule has 0 aliphatic carbocycles. The third-order valence-corrected chi connectivity index (χ3v) is 6.25. The summed E-state index contributed by atoms with van der Waals surface area (Å²) in [6.45, 7) is 0. The number of hydrogen-bond acceptors (Lipinski definition) is 2. The second-order valence-corrected chi connectivity index (χ2v) is 6.56. The molecule has 0 atom stereocenters. The minimum absolute atomic E-state index is 0.139. The Labute approximate surface area is 126 Å². The van der Waals surface area contributed by atoms with E-state index < -0.39 is 0 Å². The second kappa shape index (κ2) is 5.30. The number of benzene rings is 1. The summed E-state index contributed by atoms with van der Waals surface area (Å²) in [6, 6.07) is 4.03. The Balaban J connectivity index is 2.47. The van der Waals surface area contributed by atoms with Crippen LogP contribution in [0.25, 0.3) is 0 Å². The highest BCUT2D eigenvalue weighted by molar-refractivity contribution is 9.13. The van der Waals surface area contributed by atoms with E-state index in [1.54, 1.807) is 0 Å². The van der Waals surface area contributed by atoms with Crippen LogP contribution in [0.2, 0.25) is 0 Å². The Morgan fingerprint density at radius 1 is 1.18 bits per heavy atom. The van der Waals surface area contributed by atoms with Gasteiger partial charge in [0.25, 0.3) is 0 Å². The van der Waals surface area contributed by atoms with E-state index in [2.05, 4.69) is 47.8 Å². The van der Waals surface area contributed by atoms with Crippen LogP contribution in [0.3, 0.4) is 0 Å². The Morgan fingerprint density at radius 2 is 1.88 bits per heavy atom. The van der Waals surface area contributed by atoms with Crippen LogP contribution >= 0.6 is 59.1 Å². The first-order chi connectivity index (χ1) is 8.00. The van der Waals surface area contributed by atoms with Crippen molar-refractivity contribution in [3.63, 3.8) is 0 Å². The molecule has 2 aromatic rings. The van der Waals surface area contributed by atoms with Crippen molar-refractivity contribution in [2.24, 2.45) is 0 Å². The lowest BCUT2D eigenvalue weighted by molar-refractivity contribution is 0.104. The summed E-state index contributed by atoms with van der Waals surface area (Å²) >= 11 is 11.2. The van der Waals surface area contributed by atoms with Crippen LogP contribution in [0.5, 0.6) is 0 Å². The molecule has 0 amide bonds. The van der Waals surface area contributed by atoms with Gasteiger partial charge in [-0.25, -0.2) is 4.39 Å². The predicted molar refractivity (Wildman–Crippen MR) is 77.3 cm³/mol. The second-order valence-electron chi connectivity index (χ2n) is 3.18. The van der Waals surface area contributed by atoms with Crippen LogP contribution in [0.1, 0.15) is 15.2 Å². The molecule has 2 rings (SSSR count). The molecule has 1 heterocycles. The molecule has 0 radical (unpaired) electrons. The maximum atomic E-state index is 12.9. The molecule has 0 fully saturated rings. The summed E-state index contributed by atoms with van der Waals surface area (Å²) in [4.78, 5) is 12.8. The topological polar surface area (TPSA) is 17.1 Å². The van der Waals surface area contributed by atoms with Crippen LogP contribution < -0.4 is 0 Å². The zero-order valence-electron chi connectivity index (χ0n) is 8.14. The highest BCUT2D eigenvalue weighted by Gasteiger charge is 2.19. The number of rotatable bonds is 2. The molecular weight excluding hydrogens is 439 g/mol. The van der Waals surface area contributed by atoms with E-state index in [1.165, 1.54) is 29.5 Å². The zero-order valence-corrected chi connectivity index (χ0v) is 13.7. The number of halogens is 4. The van der Waals surface area contributed by atoms with Gasteiger partial charge >= 0.3 is 0 Å². The number of carbonyl (C=O) groups excluding carboxylic acids is 1. The van der Waals surface area contributed by atoms with Crippen molar-refractivity contribution in [3.05, 3.63) is 53.3 Å². The van der Waals surface area contributed by atoms with E-state index >= 15 is 0 Å². The number of hydrogen-bond donors (Lipinski definition) is 0. The van der Waals surface area contributed by atoms with Crippen LogP contribution in [0.4, 0.5) is 4.39 Å². The lowest BCUT2D eigenvalue weighted by Gasteiger charge is -2.02. The number of carbonyl (C=O) groups is 1. The minimum atomic E-state index is -0.375. The van der Waals surface area contributed by atoms with E-state index in [-0.39, 0.29) is 11.6 Å². The Bertz CT molecular complexity index is 594. The first kappa shape index (κ1) is 13.4.